The van der Waals surface area contributed by atoms with Crippen LogP contribution in [0.1, 0.15) is 124 Å². The molecule has 0 aliphatic rings. The molecule has 0 heterocycles. The Balaban J connectivity index is 3.08. The van der Waals surface area contributed by atoms with E-state index in [0.717, 1.165) is 6.42 Å². The van der Waals surface area contributed by atoms with Crippen molar-refractivity contribution in [2.45, 2.75) is 130 Å². The Kier molecular flexibility index (Phi) is 18.3. The molecule has 0 rings (SSSR count). The minimum absolute atomic E-state index is 0.124. The second kappa shape index (κ2) is 18.8. The minimum atomic E-state index is 0.124. The molecule has 0 aromatic heterocycles. The van der Waals surface area contributed by atoms with Gasteiger partial charge in [-0.2, -0.15) is 0 Å². The summed E-state index contributed by atoms with van der Waals surface area (Å²) in [6.45, 7) is 6.32. The molecule has 1 amide bonds. The number of unbranched alkanes of at least 4 members (excludes halogenated alkanes) is 14. The lowest BCUT2D eigenvalue weighted by Gasteiger charge is -2.09. The van der Waals surface area contributed by atoms with E-state index in [0.29, 0.717) is 12.5 Å². The second-order valence-corrected chi connectivity index (χ2v) is 7.55. The smallest absolute Gasteiger partial charge is 0.234 e. The van der Waals surface area contributed by atoms with Gasteiger partial charge in [-0.3, -0.25) is 10.2 Å². The molecular weight excluding hydrogens is 296 g/mol. The van der Waals surface area contributed by atoms with Crippen LogP contribution in [-0.2, 0) is 4.79 Å². The predicted octanol–water partition coefficient (Wildman–Crippen LogP) is 6.28. The number of carbonyl (C=O) groups is 1. The summed E-state index contributed by atoms with van der Waals surface area (Å²) in [5.74, 6) is 0.124. The van der Waals surface area contributed by atoms with E-state index in [1.54, 1.807) is 0 Å². The SMILES string of the molecule is CCCCCCCCCCCCCCCCCC(=O)NNC(C)C. The zero-order valence-corrected chi connectivity index (χ0v) is 16.8. The Morgan fingerprint density at radius 3 is 1.42 bits per heavy atom. The van der Waals surface area contributed by atoms with Gasteiger partial charge in [0, 0.05) is 12.5 Å². The summed E-state index contributed by atoms with van der Waals surface area (Å²) in [6.07, 6.45) is 21.1. The number of rotatable bonds is 18. The van der Waals surface area contributed by atoms with Crippen LogP contribution in [0.5, 0.6) is 0 Å². The van der Waals surface area contributed by atoms with E-state index in [1.807, 2.05) is 13.8 Å². The number of hydrogen-bond acceptors (Lipinski definition) is 2. The van der Waals surface area contributed by atoms with Crippen LogP contribution in [0, 0.1) is 0 Å². The van der Waals surface area contributed by atoms with Crippen LogP contribution in [-0.4, -0.2) is 11.9 Å². The van der Waals surface area contributed by atoms with Gasteiger partial charge in [-0.15, -0.1) is 0 Å². The number of carbonyl (C=O) groups excluding carboxylic acids is 1. The highest BCUT2D eigenvalue weighted by Gasteiger charge is 2.01. The quantitative estimate of drug-likeness (QED) is 0.228. The Morgan fingerprint density at radius 1 is 0.667 bits per heavy atom. The number of hydrazine groups is 1. The Labute approximate surface area is 151 Å². The van der Waals surface area contributed by atoms with Crippen molar-refractivity contribution in [2.75, 3.05) is 0 Å². The van der Waals surface area contributed by atoms with Gasteiger partial charge in [-0.05, 0) is 20.3 Å². The van der Waals surface area contributed by atoms with Crippen LogP contribution < -0.4 is 10.9 Å². The molecule has 3 heteroatoms. The molecule has 0 fully saturated rings. The van der Waals surface area contributed by atoms with E-state index in [1.165, 1.54) is 89.9 Å². The minimum Gasteiger partial charge on any atom is -0.291 e. The molecule has 0 spiro atoms. The van der Waals surface area contributed by atoms with Crippen LogP contribution in [0.3, 0.4) is 0 Å². The third-order valence-corrected chi connectivity index (χ3v) is 4.51. The van der Waals surface area contributed by atoms with E-state index in [4.69, 9.17) is 0 Å². The monoisotopic (exact) mass is 340 g/mol. The van der Waals surface area contributed by atoms with Crippen LogP contribution in [0.25, 0.3) is 0 Å². The van der Waals surface area contributed by atoms with E-state index in [9.17, 15) is 4.79 Å². The first-order valence-electron chi connectivity index (χ1n) is 10.7. The average Bonchev–Trinajstić information content (AvgIpc) is 2.56. The lowest BCUT2D eigenvalue weighted by Crippen LogP contribution is -2.41. The number of hydrogen-bond donors (Lipinski definition) is 2. The first-order valence-corrected chi connectivity index (χ1v) is 10.7. The maximum Gasteiger partial charge on any atom is 0.234 e. The molecule has 0 atom stereocenters. The maximum absolute atomic E-state index is 11.5. The zero-order chi connectivity index (χ0) is 17.9. The summed E-state index contributed by atoms with van der Waals surface area (Å²) in [5, 5.41) is 0. The Morgan fingerprint density at radius 2 is 1.04 bits per heavy atom. The fraction of sp³-hybridized carbons (Fsp3) is 0.952. The van der Waals surface area contributed by atoms with Gasteiger partial charge in [-0.1, -0.05) is 96.8 Å². The fourth-order valence-corrected chi connectivity index (χ4v) is 2.94. The van der Waals surface area contributed by atoms with Crippen molar-refractivity contribution in [2.24, 2.45) is 0 Å². The van der Waals surface area contributed by atoms with Crippen molar-refractivity contribution in [1.29, 1.82) is 0 Å². The van der Waals surface area contributed by atoms with E-state index in [-0.39, 0.29) is 5.91 Å². The average molecular weight is 341 g/mol. The molecule has 0 aromatic carbocycles. The van der Waals surface area contributed by atoms with Gasteiger partial charge in [0.25, 0.3) is 0 Å². The highest BCUT2D eigenvalue weighted by atomic mass is 16.2. The van der Waals surface area contributed by atoms with E-state index >= 15 is 0 Å². The van der Waals surface area contributed by atoms with Crippen molar-refractivity contribution < 1.29 is 4.79 Å². The van der Waals surface area contributed by atoms with Crippen molar-refractivity contribution in [3.63, 3.8) is 0 Å². The number of amides is 1. The van der Waals surface area contributed by atoms with Gasteiger partial charge in [0.15, 0.2) is 0 Å². The van der Waals surface area contributed by atoms with Crippen LogP contribution in [0.15, 0.2) is 0 Å². The molecule has 0 bridgehead atoms. The maximum atomic E-state index is 11.5. The summed E-state index contributed by atoms with van der Waals surface area (Å²) in [4.78, 5) is 11.5. The van der Waals surface area contributed by atoms with Gasteiger partial charge in [0.1, 0.15) is 0 Å². The molecular formula is C21H44N2O. The Hall–Kier alpha value is -0.570. The summed E-state index contributed by atoms with van der Waals surface area (Å²) >= 11 is 0. The Bertz CT molecular complexity index is 267. The topological polar surface area (TPSA) is 41.1 Å². The van der Waals surface area contributed by atoms with Crippen molar-refractivity contribution in [1.82, 2.24) is 10.9 Å². The lowest BCUT2D eigenvalue weighted by molar-refractivity contribution is -0.122. The molecule has 0 saturated heterocycles. The molecule has 0 aliphatic carbocycles. The first-order chi connectivity index (χ1) is 11.7. The predicted molar refractivity (Wildman–Crippen MR) is 106 cm³/mol. The van der Waals surface area contributed by atoms with Gasteiger partial charge in [0.2, 0.25) is 5.91 Å². The third kappa shape index (κ3) is 19.5. The van der Waals surface area contributed by atoms with Crippen molar-refractivity contribution in [3.8, 4) is 0 Å². The zero-order valence-electron chi connectivity index (χ0n) is 16.8. The summed E-state index contributed by atoms with van der Waals surface area (Å²) < 4.78 is 0. The van der Waals surface area contributed by atoms with Gasteiger partial charge in [-0.25, -0.2) is 5.43 Å². The molecule has 24 heavy (non-hydrogen) atoms. The van der Waals surface area contributed by atoms with Crippen LogP contribution in [0.2, 0.25) is 0 Å². The highest BCUT2D eigenvalue weighted by Crippen LogP contribution is 2.13. The lowest BCUT2D eigenvalue weighted by atomic mass is 10.0. The molecule has 3 nitrogen and oxygen atoms in total. The molecule has 0 unspecified atom stereocenters. The van der Waals surface area contributed by atoms with E-state index < -0.39 is 0 Å². The molecule has 0 aliphatic heterocycles. The van der Waals surface area contributed by atoms with Gasteiger partial charge < -0.3 is 0 Å². The largest absolute Gasteiger partial charge is 0.291 e. The summed E-state index contributed by atoms with van der Waals surface area (Å²) in [7, 11) is 0. The molecule has 144 valence electrons. The van der Waals surface area contributed by atoms with E-state index in [2.05, 4.69) is 17.8 Å². The van der Waals surface area contributed by atoms with Gasteiger partial charge >= 0.3 is 0 Å². The van der Waals surface area contributed by atoms with Crippen LogP contribution >= 0.6 is 0 Å². The van der Waals surface area contributed by atoms with Crippen LogP contribution in [0.4, 0.5) is 0 Å². The molecule has 2 N–H and O–H groups in total. The molecule has 0 saturated carbocycles. The van der Waals surface area contributed by atoms with Crippen molar-refractivity contribution in [3.05, 3.63) is 0 Å². The number of nitrogens with one attached hydrogen (secondary N) is 2. The molecule has 0 radical (unpaired) electrons. The normalized spacial score (nSPS) is 11.2. The second-order valence-electron chi connectivity index (χ2n) is 7.55. The third-order valence-electron chi connectivity index (χ3n) is 4.51. The molecule has 0 aromatic rings. The summed E-state index contributed by atoms with van der Waals surface area (Å²) in [6, 6.07) is 0.301. The van der Waals surface area contributed by atoms with Gasteiger partial charge in [0.05, 0.1) is 0 Å². The fourth-order valence-electron chi connectivity index (χ4n) is 2.94. The summed E-state index contributed by atoms with van der Waals surface area (Å²) in [5.41, 5.74) is 5.69. The standard InChI is InChI=1S/C21H44N2O/c1-4-5-6-7-8-9-10-11-12-13-14-15-16-17-18-19-21(24)23-22-20(2)3/h20,22H,4-19H2,1-3H3,(H,23,24). The van der Waals surface area contributed by atoms with Crippen molar-refractivity contribution >= 4 is 5.91 Å². The highest BCUT2D eigenvalue weighted by molar-refractivity contribution is 5.75. The first kappa shape index (κ1) is 23.4.